The van der Waals surface area contributed by atoms with E-state index in [-0.39, 0.29) is 18.0 Å². The van der Waals surface area contributed by atoms with Crippen molar-refractivity contribution in [1.82, 2.24) is 15.4 Å². The third-order valence-corrected chi connectivity index (χ3v) is 5.13. The Labute approximate surface area is 163 Å². The summed E-state index contributed by atoms with van der Waals surface area (Å²) in [5.74, 6) is 1.10. The van der Waals surface area contributed by atoms with Crippen molar-refractivity contribution in [2.75, 3.05) is 6.79 Å². The summed E-state index contributed by atoms with van der Waals surface area (Å²) in [6.45, 7) is 5.79. The highest BCUT2D eigenvalue weighted by molar-refractivity contribution is 9.10. The number of rotatable bonds is 5. The highest BCUT2D eigenvalue weighted by atomic mass is 79.9. The minimum atomic E-state index is -0.381. The first-order valence-corrected chi connectivity index (χ1v) is 9.50. The molecular weight excluding hydrogens is 420 g/mol. The van der Waals surface area contributed by atoms with Crippen molar-refractivity contribution < 1.29 is 14.3 Å². The van der Waals surface area contributed by atoms with Gasteiger partial charge in [-0.05, 0) is 54.9 Å². The van der Waals surface area contributed by atoms with Gasteiger partial charge in [-0.2, -0.15) is 5.10 Å². The predicted molar refractivity (Wildman–Crippen MR) is 103 cm³/mol. The average molecular weight is 437 g/mol. The van der Waals surface area contributed by atoms with E-state index in [9.17, 15) is 4.79 Å². The second kappa shape index (κ2) is 8.05. The van der Waals surface area contributed by atoms with Crippen LogP contribution in [0.25, 0.3) is 0 Å². The molecule has 0 radical (unpaired) electrons. The van der Waals surface area contributed by atoms with Gasteiger partial charge in [-0.15, -0.1) is 0 Å². The summed E-state index contributed by atoms with van der Waals surface area (Å²) in [5.41, 5.74) is 5.05. The molecule has 1 unspecified atom stereocenters. The minimum Gasteiger partial charge on any atom is -0.454 e. The molecule has 0 fully saturated rings. The maximum absolute atomic E-state index is 12.2. The number of hydrogen-bond acceptors (Lipinski definition) is 7. The summed E-state index contributed by atoms with van der Waals surface area (Å²) in [4.78, 5) is 20.9. The molecule has 1 aliphatic heterocycles. The summed E-state index contributed by atoms with van der Waals surface area (Å²) < 4.78 is 11.4. The Bertz CT molecular complexity index is 855. The van der Waals surface area contributed by atoms with Gasteiger partial charge in [-0.25, -0.2) is 15.4 Å². The molecule has 0 aliphatic carbocycles. The van der Waals surface area contributed by atoms with E-state index in [1.807, 2.05) is 19.9 Å². The fourth-order valence-corrected chi connectivity index (χ4v) is 3.54. The van der Waals surface area contributed by atoms with Crippen LogP contribution in [-0.4, -0.2) is 34.1 Å². The van der Waals surface area contributed by atoms with Crippen LogP contribution < -0.4 is 14.9 Å². The fraction of sp³-hybridized carbons (Fsp3) is 0.294. The average Bonchev–Trinajstić information content (AvgIpc) is 3.00. The number of carbonyl (C=O) groups is 1. The van der Waals surface area contributed by atoms with Crippen molar-refractivity contribution in [3.8, 4) is 11.5 Å². The van der Waals surface area contributed by atoms with Gasteiger partial charge in [0, 0.05) is 21.4 Å². The summed E-state index contributed by atoms with van der Waals surface area (Å²) in [5, 5.41) is 4.22. The molecule has 136 valence electrons. The van der Waals surface area contributed by atoms with Crippen molar-refractivity contribution in [3.05, 3.63) is 39.6 Å². The number of nitrogens with one attached hydrogen (secondary N) is 1. The highest BCUT2D eigenvalue weighted by Gasteiger charge is 2.17. The van der Waals surface area contributed by atoms with E-state index < -0.39 is 0 Å². The third-order valence-electron chi connectivity index (χ3n) is 3.48. The van der Waals surface area contributed by atoms with Crippen LogP contribution in [-0.2, 0) is 4.79 Å². The van der Waals surface area contributed by atoms with Crippen LogP contribution in [0.3, 0.4) is 0 Å². The summed E-state index contributed by atoms with van der Waals surface area (Å²) in [6, 6.07) is 5.49. The molecule has 26 heavy (non-hydrogen) atoms. The fourth-order valence-electron chi connectivity index (χ4n) is 2.25. The van der Waals surface area contributed by atoms with Crippen LogP contribution in [0.1, 0.15) is 23.9 Å². The quantitative estimate of drug-likeness (QED) is 0.335. The van der Waals surface area contributed by atoms with Crippen LogP contribution in [0, 0.1) is 13.8 Å². The number of halogens is 1. The number of aryl methyl sites for hydroxylation is 2. The van der Waals surface area contributed by atoms with Crippen LogP contribution in [0.2, 0.25) is 0 Å². The molecule has 7 nitrogen and oxygen atoms in total. The number of aromatic nitrogens is 2. The van der Waals surface area contributed by atoms with Crippen LogP contribution in [0.5, 0.6) is 11.5 Å². The Morgan fingerprint density at radius 1 is 1.27 bits per heavy atom. The first-order chi connectivity index (χ1) is 12.4. The molecule has 2 heterocycles. The Morgan fingerprint density at radius 2 is 1.92 bits per heavy atom. The van der Waals surface area contributed by atoms with Crippen molar-refractivity contribution in [2.24, 2.45) is 5.10 Å². The highest BCUT2D eigenvalue weighted by Crippen LogP contribution is 2.36. The molecule has 0 bridgehead atoms. The van der Waals surface area contributed by atoms with Gasteiger partial charge < -0.3 is 9.47 Å². The summed E-state index contributed by atoms with van der Waals surface area (Å²) >= 11 is 4.74. The third kappa shape index (κ3) is 4.53. The van der Waals surface area contributed by atoms with Crippen molar-refractivity contribution in [1.29, 1.82) is 0 Å². The molecule has 2 aromatic rings. The van der Waals surface area contributed by atoms with Gasteiger partial charge in [0.25, 0.3) is 5.91 Å². The van der Waals surface area contributed by atoms with Crippen LogP contribution in [0.15, 0.2) is 32.9 Å². The van der Waals surface area contributed by atoms with Crippen molar-refractivity contribution in [3.63, 3.8) is 0 Å². The van der Waals surface area contributed by atoms with Gasteiger partial charge in [-0.1, -0.05) is 11.8 Å². The molecule has 1 aliphatic rings. The monoisotopic (exact) mass is 436 g/mol. The summed E-state index contributed by atoms with van der Waals surface area (Å²) in [6.07, 6.45) is 1.55. The maximum atomic E-state index is 12.2. The molecule has 1 aromatic heterocycles. The van der Waals surface area contributed by atoms with Gasteiger partial charge in [0.1, 0.15) is 0 Å². The standard InChI is InChI=1S/C17H17BrN4O3S/c1-9-4-10(2)21-17(20-9)26-11(3)16(23)22-19-7-12-5-14-15(6-13(12)18)25-8-24-14/h4-7,11H,8H2,1-3H3,(H,22,23). The molecule has 1 amide bonds. The lowest BCUT2D eigenvalue weighted by Crippen LogP contribution is -2.27. The topological polar surface area (TPSA) is 85.7 Å². The second-order valence-electron chi connectivity index (χ2n) is 5.65. The van der Waals surface area contributed by atoms with Gasteiger partial charge in [0.15, 0.2) is 16.7 Å². The lowest BCUT2D eigenvalue weighted by molar-refractivity contribution is -0.120. The normalized spacial score (nSPS) is 13.8. The number of hydrogen-bond donors (Lipinski definition) is 1. The molecule has 1 N–H and O–H groups in total. The molecule has 0 saturated heterocycles. The minimum absolute atomic E-state index is 0.203. The maximum Gasteiger partial charge on any atom is 0.253 e. The van der Waals surface area contributed by atoms with E-state index in [1.165, 1.54) is 11.8 Å². The first kappa shape index (κ1) is 18.7. The van der Waals surface area contributed by atoms with Gasteiger partial charge in [0.05, 0.1) is 11.5 Å². The zero-order valence-corrected chi connectivity index (χ0v) is 16.8. The lowest BCUT2D eigenvalue weighted by Gasteiger charge is -2.09. The largest absolute Gasteiger partial charge is 0.454 e. The zero-order chi connectivity index (χ0) is 18.7. The first-order valence-electron chi connectivity index (χ1n) is 7.83. The molecular formula is C17H17BrN4O3S. The second-order valence-corrected chi connectivity index (χ2v) is 7.82. The number of fused-ring (bicyclic) bond motifs is 1. The number of benzene rings is 1. The Morgan fingerprint density at radius 3 is 2.62 bits per heavy atom. The number of ether oxygens (including phenoxy) is 2. The number of amides is 1. The summed E-state index contributed by atoms with van der Waals surface area (Å²) in [7, 11) is 0. The number of carbonyl (C=O) groups excluding carboxylic acids is 1. The Hall–Kier alpha value is -2.13. The van der Waals surface area contributed by atoms with E-state index in [4.69, 9.17) is 9.47 Å². The van der Waals surface area contributed by atoms with E-state index in [2.05, 4.69) is 36.4 Å². The lowest BCUT2D eigenvalue weighted by atomic mass is 10.2. The van der Waals surface area contributed by atoms with Crippen molar-refractivity contribution in [2.45, 2.75) is 31.2 Å². The van der Waals surface area contributed by atoms with Gasteiger partial charge in [-0.3, -0.25) is 4.79 Å². The molecule has 3 rings (SSSR count). The molecule has 1 aromatic carbocycles. The van der Waals surface area contributed by atoms with E-state index in [0.29, 0.717) is 16.7 Å². The number of nitrogens with zero attached hydrogens (tertiary/aromatic N) is 3. The predicted octanol–water partition coefficient (Wildman–Crippen LogP) is 3.22. The van der Waals surface area contributed by atoms with Crippen LogP contribution >= 0.6 is 27.7 Å². The smallest absolute Gasteiger partial charge is 0.253 e. The molecule has 0 spiro atoms. The SMILES string of the molecule is Cc1cc(C)nc(SC(C)C(=O)NN=Cc2cc3c(cc2Br)OCO3)n1. The van der Waals surface area contributed by atoms with E-state index >= 15 is 0 Å². The Balaban J connectivity index is 1.60. The molecule has 0 saturated carbocycles. The van der Waals surface area contributed by atoms with Crippen molar-refractivity contribution >= 4 is 39.8 Å². The molecule has 9 heteroatoms. The number of hydrazone groups is 1. The molecule has 1 atom stereocenters. The van der Waals surface area contributed by atoms with E-state index in [0.717, 1.165) is 21.4 Å². The van der Waals surface area contributed by atoms with Crippen LogP contribution in [0.4, 0.5) is 0 Å². The number of thioether (sulfide) groups is 1. The van der Waals surface area contributed by atoms with E-state index in [1.54, 1.807) is 25.3 Å². The Kier molecular flexibility index (Phi) is 5.77. The van der Waals surface area contributed by atoms with Gasteiger partial charge in [0.2, 0.25) is 6.79 Å². The van der Waals surface area contributed by atoms with Gasteiger partial charge >= 0.3 is 0 Å². The zero-order valence-electron chi connectivity index (χ0n) is 14.4.